The van der Waals surface area contributed by atoms with E-state index in [0.717, 1.165) is 5.56 Å². The molecule has 0 saturated carbocycles. The number of carbonyl (C=O) groups excluding carboxylic acids is 1. The van der Waals surface area contributed by atoms with Crippen LogP contribution in [0.3, 0.4) is 0 Å². The third-order valence-corrected chi connectivity index (χ3v) is 2.67. The molecule has 1 amide bonds. The number of nitrogens with zero attached hydrogens (tertiary/aromatic N) is 1. The largest absolute Gasteiger partial charge is 0.395 e. The second-order valence-electron chi connectivity index (χ2n) is 4.07. The number of hydrogen-bond donors (Lipinski definition) is 3. The number of rotatable bonds is 7. The predicted octanol–water partition coefficient (Wildman–Crippen LogP) is -0.630. The van der Waals surface area contributed by atoms with Gasteiger partial charge in [-0.1, -0.05) is 30.3 Å². The first-order valence-corrected chi connectivity index (χ1v) is 5.99. The van der Waals surface area contributed by atoms with Crippen LogP contribution >= 0.6 is 0 Å². The highest BCUT2D eigenvalue weighted by Gasteiger charge is 2.20. The van der Waals surface area contributed by atoms with Crippen LogP contribution in [-0.4, -0.2) is 53.4 Å². The van der Waals surface area contributed by atoms with E-state index in [1.165, 1.54) is 4.90 Å². The summed E-state index contributed by atoms with van der Waals surface area (Å²) >= 11 is 0. The maximum Gasteiger partial charge on any atom is 0.239 e. The molecule has 5 nitrogen and oxygen atoms in total. The first-order chi connectivity index (χ1) is 8.69. The molecule has 5 heteroatoms. The molecule has 0 aliphatic carbocycles. The summed E-state index contributed by atoms with van der Waals surface area (Å²) in [5.41, 5.74) is 6.85. The minimum Gasteiger partial charge on any atom is -0.395 e. The Hall–Kier alpha value is -1.43. The molecule has 18 heavy (non-hydrogen) atoms. The Bertz CT molecular complexity index is 351. The fourth-order valence-corrected chi connectivity index (χ4v) is 1.76. The predicted molar refractivity (Wildman–Crippen MR) is 68.9 cm³/mol. The second kappa shape index (κ2) is 7.81. The molecule has 0 unspecified atom stereocenters. The van der Waals surface area contributed by atoms with Crippen molar-refractivity contribution < 1.29 is 15.0 Å². The van der Waals surface area contributed by atoms with Gasteiger partial charge in [-0.15, -0.1) is 0 Å². The van der Waals surface area contributed by atoms with Gasteiger partial charge in [0.05, 0.1) is 19.3 Å². The van der Waals surface area contributed by atoms with E-state index in [1.54, 1.807) is 0 Å². The maximum atomic E-state index is 12.0. The molecule has 1 atom stereocenters. The van der Waals surface area contributed by atoms with Gasteiger partial charge in [0.1, 0.15) is 0 Å². The van der Waals surface area contributed by atoms with E-state index in [2.05, 4.69) is 0 Å². The Balaban J connectivity index is 2.58. The van der Waals surface area contributed by atoms with Gasteiger partial charge in [0.15, 0.2) is 0 Å². The molecule has 4 N–H and O–H groups in total. The van der Waals surface area contributed by atoms with E-state index in [4.69, 9.17) is 15.9 Å². The molecule has 0 saturated heterocycles. The van der Waals surface area contributed by atoms with E-state index in [1.807, 2.05) is 30.3 Å². The van der Waals surface area contributed by atoms with Crippen LogP contribution < -0.4 is 5.73 Å². The Morgan fingerprint density at radius 3 is 2.22 bits per heavy atom. The Morgan fingerprint density at radius 1 is 1.17 bits per heavy atom. The van der Waals surface area contributed by atoms with Gasteiger partial charge in [0.25, 0.3) is 0 Å². The zero-order valence-electron chi connectivity index (χ0n) is 10.3. The number of aliphatic hydroxyl groups excluding tert-OH is 2. The van der Waals surface area contributed by atoms with Gasteiger partial charge >= 0.3 is 0 Å². The van der Waals surface area contributed by atoms with Gasteiger partial charge < -0.3 is 20.8 Å². The standard InChI is InChI=1S/C13H20N2O3/c14-12(10-11-4-2-1-3-5-11)13(18)15(6-8-16)7-9-17/h1-5,12,16-17H,6-10,14H2/t12-/m1/s1. The summed E-state index contributed by atoms with van der Waals surface area (Å²) in [6.07, 6.45) is 0.451. The number of benzene rings is 1. The lowest BCUT2D eigenvalue weighted by atomic mass is 10.1. The number of nitrogens with two attached hydrogens (primary N) is 1. The van der Waals surface area contributed by atoms with Gasteiger partial charge in [-0.3, -0.25) is 4.79 Å². The van der Waals surface area contributed by atoms with Crippen molar-refractivity contribution in [2.24, 2.45) is 5.73 Å². The molecule has 100 valence electrons. The van der Waals surface area contributed by atoms with Crippen molar-refractivity contribution >= 4 is 5.91 Å². The fourth-order valence-electron chi connectivity index (χ4n) is 1.76. The molecule has 0 spiro atoms. The highest BCUT2D eigenvalue weighted by atomic mass is 16.3. The fraction of sp³-hybridized carbons (Fsp3) is 0.462. The van der Waals surface area contributed by atoms with Gasteiger partial charge in [0.2, 0.25) is 5.91 Å². The van der Waals surface area contributed by atoms with Crippen molar-refractivity contribution in [3.05, 3.63) is 35.9 Å². The number of hydrogen-bond acceptors (Lipinski definition) is 4. The number of carbonyl (C=O) groups is 1. The number of aliphatic hydroxyl groups is 2. The summed E-state index contributed by atoms with van der Waals surface area (Å²) in [7, 11) is 0. The Morgan fingerprint density at radius 2 is 1.72 bits per heavy atom. The molecule has 1 aromatic rings. The topological polar surface area (TPSA) is 86.8 Å². The minimum atomic E-state index is -0.648. The summed E-state index contributed by atoms with van der Waals surface area (Å²) < 4.78 is 0. The molecule has 0 bridgehead atoms. The minimum absolute atomic E-state index is 0.135. The van der Waals surface area contributed by atoms with Gasteiger partial charge in [-0.05, 0) is 12.0 Å². The van der Waals surface area contributed by atoms with Crippen LogP contribution in [0.1, 0.15) is 5.56 Å². The van der Waals surface area contributed by atoms with Crippen molar-refractivity contribution in [3.63, 3.8) is 0 Å². The summed E-state index contributed by atoms with van der Waals surface area (Å²) in [5, 5.41) is 17.7. The summed E-state index contributed by atoms with van der Waals surface area (Å²) in [6.45, 7) is 0.122. The van der Waals surface area contributed by atoms with E-state index in [0.29, 0.717) is 6.42 Å². The lowest BCUT2D eigenvalue weighted by Gasteiger charge is -2.24. The van der Waals surface area contributed by atoms with Crippen molar-refractivity contribution in [3.8, 4) is 0 Å². The van der Waals surface area contributed by atoms with Crippen molar-refractivity contribution in [1.82, 2.24) is 4.90 Å². The zero-order chi connectivity index (χ0) is 13.4. The zero-order valence-corrected chi connectivity index (χ0v) is 10.3. The summed E-state index contributed by atoms with van der Waals surface area (Å²) in [4.78, 5) is 13.4. The highest BCUT2D eigenvalue weighted by Crippen LogP contribution is 2.04. The van der Waals surface area contributed by atoms with E-state index >= 15 is 0 Å². The average Bonchev–Trinajstić information content (AvgIpc) is 2.39. The second-order valence-corrected chi connectivity index (χ2v) is 4.07. The molecular weight excluding hydrogens is 232 g/mol. The first kappa shape index (κ1) is 14.6. The number of amides is 1. The molecule has 0 heterocycles. The molecular formula is C13H20N2O3. The van der Waals surface area contributed by atoms with Gasteiger partial charge in [-0.2, -0.15) is 0 Å². The SMILES string of the molecule is N[C@H](Cc1ccccc1)C(=O)N(CCO)CCO. The van der Waals surface area contributed by atoms with Crippen molar-refractivity contribution in [2.45, 2.75) is 12.5 Å². The van der Waals surface area contributed by atoms with Crippen LogP contribution in [0.4, 0.5) is 0 Å². The molecule has 1 rings (SSSR count). The lowest BCUT2D eigenvalue weighted by molar-refractivity contribution is -0.133. The quantitative estimate of drug-likeness (QED) is 0.603. The smallest absolute Gasteiger partial charge is 0.239 e. The van der Waals surface area contributed by atoms with Gasteiger partial charge in [-0.25, -0.2) is 0 Å². The van der Waals surface area contributed by atoms with Crippen LogP contribution in [0.2, 0.25) is 0 Å². The molecule has 0 radical (unpaired) electrons. The highest BCUT2D eigenvalue weighted by molar-refractivity contribution is 5.82. The monoisotopic (exact) mass is 252 g/mol. The lowest BCUT2D eigenvalue weighted by Crippen LogP contribution is -2.47. The Kier molecular flexibility index (Phi) is 6.35. The maximum absolute atomic E-state index is 12.0. The van der Waals surface area contributed by atoms with Crippen LogP contribution in [0.5, 0.6) is 0 Å². The van der Waals surface area contributed by atoms with E-state index in [-0.39, 0.29) is 32.2 Å². The molecule has 0 fully saturated rings. The van der Waals surface area contributed by atoms with Crippen molar-refractivity contribution in [2.75, 3.05) is 26.3 Å². The van der Waals surface area contributed by atoms with E-state index in [9.17, 15) is 4.79 Å². The summed E-state index contributed by atoms with van der Waals surface area (Å²) in [5.74, 6) is -0.248. The first-order valence-electron chi connectivity index (χ1n) is 5.99. The molecule has 1 aromatic carbocycles. The normalized spacial score (nSPS) is 12.2. The average molecular weight is 252 g/mol. The van der Waals surface area contributed by atoms with Crippen LogP contribution in [0.15, 0.2) is 30.3 Å². The third-order valence-electron chi connectivity index (χ3n) is 2.67. The Labute approximate surface area is 107 Å². The van der Waals surface area contributed by atoms with Crippen LogP contribution in [-0.2, 0) is 11.2 Å². The molecule has 0 aliphatic rings. The summed E-state index contributed by atoms with van der Waals surface area (Å²) in [6, 6.07) is 8.87. The van der Waals surface area contributed by atoms with Crippen LogP contribution in [0, 0.1) is 0 Å². The van der Waals surface area contributed by atoms with E-state index < -0.39 is 6.04 Å². The third kappa shape index (κ3) is 4.44. The van der Waals surface area contributed by atoms with Gasteiger partial charge in [0, 0.05) is 13.1 Å². The molecule has 0 aliphatic heterocycles. The van der Waals surface area contributed by atoms with Crippen LogP contribution in [0.25, 0.3) is 0 Å². The van der Waals surface area contributed by atoms with Crippen molar-refractivity contribution in [1.29, 1.82) is 0 Å². The molecule has 0 aromatic heterocycles.